The van der Waals surface area contributed by atoms with Crippen LogP contribution < -0.4 is 10.6 Å². The number of hydrogen-bond donors (Lipinski definition) is 2. The minimum absolute atomic E-state index is 0.131. The molecule has 0 heterocycles. The molecule has 1 rings (SSSR count). The lowest BCUT2D eigenvalue weighted by molar-refractivity contribution is -0.128. The van der Waals surface area contributed by atoms with Crippen molar-refractivity contribution in [3.63, 3.8) is 0 Å². The number of nitriles is 1. The van der Waals surface area contributed by atoms with Crippen molar-refractivity contribution in [1.29, 1.82) is 5.26 Å². The van der Waals surface area contributed by atoms with Crippen molar-refractivity contribution in [3.05, 3.63) is 11.8 Å². The number of amides is 2. The Morgan fingerprint density at radius 1 is 1.29 bits per heavy atom. The van der Waals surface area contributed by atoms with Gasteiger partial charge in [-0.25, -0.2) is 0 Å². The molecular weight excluding hydrogens is 268 g/mol. The van der Waals surface area contributed by atoms with Crippen molar-refractivity contribution in [2.75, 3.05) is 20.1 Å². The van der Waals surface area contributed by atoms with E-state index in [1.165, 1.54) is 12.6 Å². The Hall–Kier alpha value is -2.03. The van der Waals surface area contributed by atoms with Crippen molar-refractivity contribution < 1.29 is 9.59 Å². The summed E-state index contributed by atoms with van der Waals surface area (Å²) in [4.78, 5) is 24.0. The lowest BCUT2D eigenvalue weighted by atomic mass is 9.94. The Morgan fingerprint density at radius 2 is 1.95 bits per heavy atom. The Bertz CT molecular complexity index is 408. The minimum Gasteiger partial charge on any atom is -0.390 e. The number of likely N-dealkylation sites (N-methyl/N-ethyl adjacent to an activating group) is 1. The van der Waals surface area contributed by atoms with Crippen LogP contribution >= 0.6 is 0 Å². The normalized spacial score (nSPS) is 15.9. The smallest absolute Gasteiger partial charge is 0.265 e. The van der Waals surface area contributed by atoms with E-state index in [-0.39, 0.29) is 17.5 Å². The van der Waals surface area contributed by atoms with Gasteiger partial charge in [0.15, 0.2) is 0 Å². The number of hydrogen-bond acceptors (Lipinski definition) is 4. The van der Waals surface area contributed by atoms with Crippen LogP contribution in [0.25, 0.3) is 0 Å². The van der Waals surface area contributed by atoms with Crippen LogP contribution in [0.15, 0.2) is 11.8 Å². The van der Waals surface area contributed by atoms with Crippen LogP contribution in [0.1, 0.15) is 38.5 Å². The second kappa shape index (κ2) is 9.81. The highest BCUT2D eigenvalue weighted by atomic mass is 16.2. The number of nitrogens with zero attached hydrogens (tertiary/aromatic N) is 2. The standard InChI is InChI=1S/C15H24N4O2/c1-19(14-6-3-2-4-7-14)15(21)13(10-16)11-17-8-5-9-18-12-20/h11-12,14,17H,2-9H2,1H3,(H,18,20)/b13-11-. The fraction of sp³-hybridized carbons (Fsp3) is 0.667. The van der Waals surface area contributed by atoms with Crippen LogP contribution in [0.2, 0.25) is 0 Å². The predicted octanol–water partition coefficient (Wildman–Crippen LogP) is 0.911. The fourth-order valence-electron chi connectivity index (χ4n) is 2.49. The second-order valence-electron chi connectivity index (χ2n) is 5.26. The molecule has 0 radical (unpaired) electrons. The molecule has 116 valence electrons. The van der Waals surface area contributed by atoms with E-state index in [0.717, 1.165) is 32.1 Å². The van der Waals surface area contributed by atoms with Crippen LogP contribution in [0.5, 0.6) is 0 Å². The van der Waals surface area contributed by atoms with Crippen molar-refractivity contribution in [2.24, 2.45) is 0 Å². The number of nitrogens with one attached hydrogen (secondary N) is 2. The third-order valence-corrected chi connectivity index (χ3v) is 3.77. The predicted molar refractivity (Wildman–Crippen MR) is 80.0 cm³/mol. The number of carbonyl (C=O) groups is 2. The van der Waals surface area contributed by atoms with E-state index in [1.807, 2.05) is 6.07 Å². The first kappa shape index (κ1) is 17.0. The number of carbonyl (C=O) groups excluding carboxylic acids is 2. The summed E-state index contributed by atoms with van der Waals surface area (Å²) in [5.74, 6) is -0.220. The fourth-order valence-corrected chi connectivity index (χ4v) is 2.49. The van der Waals surface area contributed by atoms with Gasteiger partial charge < -0.3 is 15.5 Å². The maximum Gasteiger partial charge on any atom is 0.265 e. The molecule has 1 saturated carbocycles. The lowest BCUT2D eigenvalue weighted by Gasteiger charge is -2.31. The largest absolute Gasteiger partial charge is 0.390 e. The average molecular weight is 292 g/mol. The molecule has 6 heteroatoms. The zero-order chi connectivity index (χ0) is 15.5. The summed E-state index contributed by atoms with van der Waals surface area (Å²) in [6, 6.07) is 2.21. The first-order valence-corrected chi connectivity index (χ1v) is 7.48. The summed E-state index contributed by atoms with van der Waals surface area (Å²) in [7, 11) is 1.78. The highest BCUT2D eigenvalue weighted by Crippen LogP contribution is 2.22. The molecule has 0 atom stereocenters. The first-order chi connectivity index (χ1) is 10.2. The summed E-state index contributed by atoms with van der Waals surface area (Å²) in [6.45, 7) is 1.18. The van der Waals surface area contributed by atoms with Gasteiger partial charge in [0.2, 0.25) is 6.41 Å². The molecule has 0 bridgehead atoms. The van der Waals surface area contributed by atoms with Crippen LogP contribution in [0.3, 0.4) is 0 Å². The molecule has 1 aliphatic rings. The molecule has 0 aromatic heterocycles. The summed E-state index contributed by atoms with van der Waals surface area (Å²) < 4.78 is 0. The Balaban J connectivity index is 2.43. The van der Waals surface area contributed by atoms with Gasteiger partial charge in [-0.2, -0.15) is 5.26 Å². The van der Waals surface area contributed by atoms with Crippen molar-refractivity contribution in [3.8, 4) is 6.07 Å². The van der Waals surface area contributed by atoms with E-state index in [0.29, 0.717) is 19.5 Å². The molecule has 2 N–H and O–H groups in total. The van der Waals surface area contributed by atoms with Gasteiger partial charge in [0.1, 0.15) is 11.6 Å². The number of rotatable bonds is 8. The molecule has 0 saturated heterocycles. The third-order valence-electron chi connectivity index (χ3n) is 3.77. The van der Waals surface area contributed by atoms with Crippen LogP contribution in [0, 0.1) is 11.3 Å². The Morgan fingerprint density at radius 3 is 2.57 bits per heavy atom. The maximum atomic E-state index is 12.3. The van der Waals surface area contributed by atoms with E-state index in [1.54, 1.807) is 11.9 Å². The molecule has 0 aromatic rings. The van der Waals surface area contributed by atoms with Gasteiger partial charge in [-0.1, -0.05) is 19.3 Å². The molecule has 0 aliphatic heterocycles. The van der Waals surface area contributed by atoms with Gasteiger partial charge in [-0.3, -0.25) is 9.59 Å². The molecule has 2 amide bonds. The quantitative estimate of drug-likeness (QED) is 0.301. The molecule has 0 aromatic carbocycles. The van der Waals surface area contributed by atoms with Gasteiger partial charge in [-0.05, 0) is 19.3 Å². The van der Waals surface area contributed by atoms with E-state index in [4.69, 9.17) is 5.26 Å². The van der Waals surface area contributed by atoms with Gasteiger partial charge >= 0.3 is 0 Å². The van der Waals surface area contributed by atoms with E-state index in [9.17, 15) is 9.59 Å². The Kier molecular flexibility index (Phi) is 7.95. The van der Waals surface area contributed by atoms with E-state index >= 15 is 0 Å². The molecule has 1 aliphatic carbocycles. The third kappa shape index (κ3) is 5.86. The molecular formula is C15H24N4O2. The van der Waals surface area contributed by atoms with Crippen LogP contribution in [0.4, 0.5) is 0 Å². The molecule has 6 nitrogen and oxygen atoms in total. The van der Waals surface area contributed by atoms with Crippen molar-refractivity contribution in [1.82, 2.24) is 15.5 Å². The van der Waals surface area contributed by atoms with E-state index < -0.39 is 0 Å². The highest BCUT2D eigenvalue weighted by molar-refractivity contribution is 5.97. The minimum atomic E-state index is -0.220. The summed E-state index contributed by atoms with van der Waals surface area (Å²) in [5, 5.41) is 14.6. The monoisotopic (exact) mass is 292 g/mol. The summed E-state index contributed by atoms with van der Waals surface area (Å²) in [5.41, 5.74) is 0.131. The molecule has 0 spiro atoms. The summed E-state index contributed by atoms with van der Waals surface area (Å²) >= 11 is 0. The first-order valence-electron chi connectivity index (χ1n) is 7.48. The second-order valence-corrected chi connectivity index (χ2v) is 5.26. The van der Waals surface area contributed by atoms with Crippen LogP contribution in [-0.4, -0.2) is 43.4 Å². The van der Waals surface area contributed by atoms with Crippen molar-refractivity contribution in [2.45, 2.75) is 44.6 Å². The topological polar surface area (TPSA) is 85.2 Å². The van der Waals surface area contributed by atoms with Crippen LogP contribution in [-0.2, 0) is 9.59 Å². The van der Waals surface area contributed by atoms with Crippen molar-refractivity contribution >= 4 is 12.3 Å². The SMILES string of the molecule is CN(C(=O)/C(C#N)=C\NCCCNC=O)C1CCCCC1. The Labute approximate surface area is 126 Å². The van der Waals surface area contributed by atoms with Gasteiger partial charge in [0.05, 0.1) is 0 Å². The van der Waals surface area contributed by atoms with Gasteiger partial charge in [-0.15, -0.1) is 0 Å². The molecule has 1 fully saturated rings. The maximum absolute atomic E-state index is 12.3. The van der Waals surface area contributed by atoms with Gasteiger partial charge in [0.25, 0.3) is 5.91 Å². The zero-order valence-corrected chi connectivity index (χ0v) is 12.6. The summed E-state index contributed by atoms with van der Waals surface area (Å²) in [6.07, 6.45) is 8.43. The molecule has 0 unspecified atom stereocenters. The van der Waals surface area contributed by atoms with Gasteiger partial charge in [0, 0.05) is 32.4 Å². The molecule has 21 heavy (non-hydrogen) atoms. The zero-order valence-electron chi connectivity index (χ0n) is 12.6. The lowest BCUT2D eigenvalue weighted by Crippen LogP contribution is -2.39. The highest BCUT2D eigenvalue weighted by Gasteiger charge is 2.24. The van der Waals surface area contributed by atoms with E-state index in [2.05, 4.69) is 10.6 Å². The average Bonchev–Trinajstić information content (AvgIpc) is 2.54.